The van der Waals surface area contributed by atoms with Gasteiger partial charge in [-0.25, -0.2) is 0 Å². The normalized spacial score (nSPS) is 5.25. The van der Waals surface area contributed by atoms with Gasteiger partial charge in [-0.2, -0.15) is 0 Å². The van der Waals surface area contributed by atoms with Crippen molar-refractivity contribution in [2.75, 3.05) is 0 Å². The average molecular weight is 248 g/mol. The Morgan fingerprint density at radius 2 is 1.62 bits per heavy atom. The van der Waals surface area contributed by atoms with Gasteiger partial charge >= 0.3 is 46.7 Å². The Kier molecular flexibility index (Phi) is 70.5. The Bertz CT molecular complexity index is 21.5. The minimum atomic E-state index is 0. The molecular formula is C4H14ClO2Sn. The molecule has 0 rings (SSSR count). The summed E-state index contributed by atoms with van der Waals surface area (Å²) < 4.78 is 1.43. The van der Waals surface area contributed by atoms with Crippen LogP contribution in [-0.2, 0) is 0 Å². The number of hydrogen-bond donors (Lipinski definition) is 0. The first-order valence-electron chi connectivity index (χ1n) is 2.06. The summed E-state index contributed by atoms with van der Waals surface area (Å²) in [7, 11) is 0. The van der Waals surface area contributed by atoms with Crippen molar-refractivity contribution in [3.05, 3.63) is 0 Å². The Balaban J connectivity index is -0.0000000267. The van der Waals surface area contributed by atoms with E-state index in [1.807, 2.05) is 0 Å². The fourth-order valence-corrected chi connectivity index (χ4v) is 1.19. The molecule has 0 aromatic carbocycles. The SMILES string of the molecule is CCC[CH2][Sn].Cl.O.O. The predicted molar refractivity (Wildman–Crippen MR) is 39.9 cm³/mol. The van der Waals surface area contributed by atoms with E-state index in [1.54, 1.807) is 22.5 Å². The molecule has 53 valence electrons. The zero-order valence-electron chi connectivity index (χ0n) is 5.03. The molecule has 8 heavy (non-hydrogen) atoms. The van der Waals surface area contributed by atoms with Gasteiger partial charge in [-0.05, 0) is 0 Å². The second kappa shape index (κ2) is 24.5. The summed E-state index contributed by atoms with van der Waals surface area (Å²) >= 11 is 1.68. The topological polar surface area (TPSA) is 63.0 Å². The van der Waals surface area contributed by atoms with Crippen molar-refractivity contribution in [3.8, 4) is 0 Å². The second-order valence-electron chi connectivity index (χ2n) is 1.10. The van der Waals surface area contributed by atoms with E-state index >= 15 is 0 Å². The number of unbranched alkanes of at least 4 members (excludes halogenated alkanes) is 1. The zero-order chi connectivity index (χ0) is 4.12. The van der Waals surface area contributed by atoms with Crippen LogP contribution >= 0.6 is 12.4 Å². The Morgan fingerprint density at radius 3 is 1.62 bits per heavy atom. The van der Waals surface area contributed by atoms with E-state index in [0.29, 0.717) is 0 Å². The zero-order valence-corrected chi connectivity index (χ0v) is 8.70. The van der Waals surface area contributed by atoms with Gasteiger partial charge in [0.05, 0.1) is 0 Å². The van der Waals surface area contributed by atoms with Crippen LogP contribution in [0.15, 0.2) is 0 Å². The van der Waals surface area contributed by atoms with Gasteiger partial charge in [0.25, 0.3) is 0 Å². The van der Waals surface area contributed by atoms with E-state index in [9.17, 15) is 0 Å². The predicted octanol–water partition coefficient (Wildman–Crippen LogP) is 0.146. The van der Waals surface area contributed by atoms with Crippen LogP contribution < -0.4 is 0 Å². The van der Waals surface area contributed by atoms with Crippen LogP contribution in [0.25, 0.3) is 0 Å². The Hall–Kier alpha value is 1.01. The monoisotopic (exact) mass is 249 g/mol. The molecule has 0 aliphatic rings. The first-order chi connectivity index (χ1) is 2.41. The number of hydrogen-bond acceptors (Lipinski definition) is 0. The molecule has 0 bridgehead atoms. The van der Waals surface area contributed by atoms with E-state index < -0.39 is 0 Å². The summed E-state index contributed by atoms with van der Waals surface area (Å²) in [5.41, 5.74) is 0. The summed E-state index contributed by atoms with van der Waals surface area (Å²) in [6.45, 7) is 2.23. The van der Waals surface area contributed by atoms with Crippen LogP contribution in [0.1, 0.15) is 19.8 Å². The molecule has 0 aliphatic heterocycles. The molecule has 0 atom stereocenters. The largest absolute Gasteiger partial charge is 0.412 e. The van der Waals surface area contributed by atoms with Crippen LogP contribution in [0.2, 0.25) is 4.44 Å². The second-order valence-corrected chi connectivity index (χ2v) is 2.53. The summed E-state index contributed by atoms with van der Waals surface area (Å²) in [4.78, 5) is 0. The van der Waals surface area contributed by atoms with E-state index in [0.717, 1.165) is 0 Å². The van der Waals surface area contributed by atoms with Gasteiger partial charge in [0.1, 0.15) is 0 Å². The maximum Gasteiger partial charge on any atom is -0.147 e. The maximum absolute atomic E-state index is 2.23. The van der Waals surface area contributed by atoms with Gasteiger partial charge in [-0.15, -0.1) is 12.4 Å². The molecule has 0 unspecified atom stereocenters. The third-order valence-electron chi connectivity index (χ3n) is 0.530. The fraction of sp³-hybridized carbons (Fsp3) is 1.00. The molecule has 0 aromatic rings. The van der Waals surface area contributed by atoms with Gasteiger partial charge in [0, 0.05) is 0 Å². The van der Waals surface area contributed by atoms with Crippen molar-refractivity contribution in [1.29, 1.82) is 0 Å². The van der Waals surface area contributed by atoms with Crippen LogP contribution in [0.5, 0.6) is 0 Å². The van der Waals surface area contributed by atoms with Crippen LogP contribution in [0.3, 0.4) is 0 Å². The first-order valence-corrected chi connectivity index (χ1v) is 4.08. The van der Waals surface area contributed by atoms with E-state index in [-0.39, 0.29) is 23.4 Å². The minimum Gasteiger partial charge on any atom is -0.412 e. The summed E-state index contributed by atoms with van der Waals surface area (Å²) in [6, 6.07) is 0. The maximum atomic E-state index is 2.23. The van der Waals surface area contributed by atoms with Gasteiger partial charge in [0.15, 0.2) is 0 Å². The molecule has 4 N–H and O–H groups in total. The van der Waals surface area contributed by atoms with Crippen molar-refractivity contribution < 1.29 is 11.0 Å². The van der Waals surface area contributed by atoms with Gasteiger partial charge in [-0.3, -0.25) is 0 Å². The third-order valence-corrected chi connectivity index (χ3v) is 1.54. The van der Waals surface area contributed by atoms with Crippen molar-refractivity contribution >= 4 is 34.9 Å². The molecule has 4 heteroatoms. The van der Waals surface area contributed by atoms with Crippen molar-refractivity contribution in [3.63, 3.8) is 0 Å². The third kappa shape index (κ3) is 28.0. The fourth-order valence-electron chi connectivity index (χ4n) is 0.177. The minimum absolute atomic E-state index is 0. The number of rotatable bonds is 2. The van der Waals surface area contributed by atoms with E-state index in [1.165, 1.54) is 17.3 Å². The van der Waals surface area contributed by atoms with Crippen molar-refractivity contribution in [2.24, 2.45) is 0 Å². The molecule has 0 saturated heterocycles. The summed E-state index contributed by atoms with van der Waals surface area (Å²) in [5, 5.41) is 0. The molecule has 0 heterocycles. The van der Waals surface area contributed by atoms with E-state index in [2.05, 4.69) is 6.92 Å². The molecule has 0 amide bonds. The van der Waals surface area contributed by atoms with E-state index in [4.69, 9.17) is 0 Å². The van der Waals surface area contributed by atoms with Gasteiger partial charge < -0.3 is 11.0 Å². The average Bonchev–Trinajstić information content (AvgIpc) is 1.41. The smallest absolute Gasteiger partial charge is 0.147 e. The van der Waals surface area contributed by atoms with Crippen molar-refractivity contribution in [1.82, 2.24) is 0 Å². The van der Waals surface area contributed by atoms with Crippen molar-refractivity contribution in [2.45, 2.75) is 24.2 Å². The van der Waals surface area contributed by atoms with Gasteiger partial charge in [-0.1, -0.05) is 0 Å². The van der Waals surface area contributed by atoms with Gasteiger partial charge in [0.2, 0.25) is 0 Å². The summed E-state index contributed by atoms with van der Waals surface area (Å²) in [6.07, 6.45) is 2.80. The quantitative estimate of drug-likeness (QED) is 0.624. The molecular weight excluding hydrogens is 234 g/mol. The van der Waals surface area contributed by atoms with Crippen LogP contribution in [-0.4, -0.2) is 33.5 Å². The number of halogens is 1. The molecule has 0 aromatic heterocycles. The molecule has 0 spiro atoms. The molecule has 3 radical (unpaired) electrons. The molecule has 2 nitrogen and oxygen atoms in total. The standard InChI is InChI=1S/C4H9.ClH.2H2O.Sn/c1-3-4-2;;;;/h1,3-4H2,2H3;1H;2*1H2;. The van der Waals surface area contributed by atoms with Crippen LogP contribution in [0, 0.1) is 0 Å². The molecule has 0 fully saturated rings. The first kappa shape index (κ1) is 23.0. The van der Waals surface area contributed by atoms with Crippen LogP contribution in [0.4, 0.5) is 0 Å². The Morgan fingerprint density at radius 1 is 1.25 bits per heavy atom. The summed E-state index contributed by atoms with van der Waals surface area (Å²) in [5.74, 6) is 0. The molecule has 0 aliphatic carbocycles. The molecule has 0 saturated carbocycles. The Labute approximate surface area is 70.2 Å².